The lowest BCUT2D eigenvalue weighted by molar-refractivity contribution is -0.149. The van der Waals surface area contributed by atoms with Crippen molar-refractivity contribution in [2.24, 2.45) is 0 Å². The van der Waals surface area contributed by atoms with Crippen LogP contribution in [0.15, 0.2) is 76.5 Å². The third kappa shape index (κ3) is 5.72. The van der Waals surface area contributed by atoms with E-state index in [1.807, 2.05) is 24.3 Å². The standard InChI is InChI=1S/C25H21NO7S2/c1-16(2)32-23(27)15-26-24(28)22(34-25(26)29)13-17-7-10-20(11-8-17)33-35(30,31)21-12-9-18-5-3-4-6-19(18)14-21/h3-14,16H,15H2,1-2H3/b22-13-. The van der Waals surface area contributed by atoms with E-state index in [1.54, 1.807) is 38.1 Å². The van der Waals surface area contributed by atoms with E-state index in [2.05, 4.69) is 0 Å². The second-order valence-electron chi connectivity index (χ2n) is 7.92. The highest BCUT2D eigenvalue weighted by Gasteiger charge is 2.36. The van der Waals surface area contributed by atoms with Gasteiger partial charge in [0.15, 0.2) is 0 Å². The van der Waals surface area contributed by atoms with Crippen molar-refractivity contribution in [1.29, 1.82) is 0 Å². The number of amides is 2. The number of imide groups is 1. The van der Waals surface area contributed by atoms with Gasteiger partial charge in [-0.25, -0.2) is 0 Å². The van der Waals surface area contributed by atoms with Crippen molar-refractivity contribution in [3.05, 3.63) is 77.2 Å². The predicted molar refractivity (Wildman–Crippen MR) is 132 cm³/mol. The van der Waals surface area contributed by atoms with Crippen LogP contribution in [0.4, 0.5) is 4.79 Å². The zero-order valence-electron chi connectivity index (χ0n) is 18.8. The van der Waals surface area contributed by atoms with Crippen LogP contribution in [0.3, 0.4) is 0 Å². The first-order chi connectivity index (χ1) is 16.6. The number of hydrogen-bond acceptors (Lipinski definition) is 8. The Labute approximate surface area is 206 Å². The highest BCUT2D eigenvalue weighted by molar-refractivity contribution is 8.18. The summed E-state index contributed by atoms with van der Waals surface area (Å²) in [6, 6.07) is 18.2. The molecule has 4 rings (SSSR count). The van der Waals surface area contributed by atoms with E-state index in [0.29, 0.717) is 17.3 Å². The highest BCUT2D eigenvalue weighted by Crippen LogP contribution is 2.32. The fourth-order valence-electron chi connectivity index (χ4n) is 3.33. The van der Waals surface area contributed by atoms with Crippen LogP contribution in [0.1, 0.15) is 19.4 Å². The second kappa shape index (κ2) is 9.93. The first-order valence-electron chi connectivity index (χ1n) is 10.6. The summed E-state index contributed by atoms with van der Waals surface area (Å²) in [4.78, 5) is 37.5. The summed E-state index contributed by atoms with van der Waals surface area (Å²) < 4.78 is 35.7. The van der Waals surface area contributed by atoms with Crippen molar-refractivity contribution in [2.45, 2.75) is 24.8 Å². The third-order valence-electron chi connectivity index (χ3n) is 4.92. The summed E-state index contributed by atoms with van der Waals surface area (Å²) in [5, 5.41) is 1.12. The largest absolute Gasteiger partial charge is 0.462 e. The van der Waals surface area contributed by atoms with Gasteiger partial charge < -0.3 is 8.92 Å². The lowest BCUT2D eigenvalue weighted by Gasteiger charge is -2.13. The molecule has 0 bridgehead atoms. The number of esters is 1. The lowest BCUT2D eigenvalue weighted by atomic mass is 10.1. The first kappa shape index (κ1) is 24.5. The highest BCUT2D eigenvalue weighted by atomic mass is 32.2. The molecule has 0 atom stereocenters. The molecule has 1 fully saturated rings. The number of benzene rings is 3. The summed E-state index contributed by atoms with van der Waals surface area (Å²) in [5.74, 6) is -1.17. The van der Waals surface area contributed by atoms with Crippen molar-refractivity contribution in [3.63, 3.8) is 0 Å². The van der Waals surface area contributed by atoms with E-state index >= 15 is 0 Å². The van der Waals surface area contributed by atoms with Crippen LogP contribution < -0.4 is 4.18 Å². The van der Waals surface area contributed by atoms with Crippen molar-refractivity contribution < 1.29 is 31.7 Å². The predicted octanol–water partition coefficient (Wildman–Crippen LogP) is 4.60. The van der Waals surface area contributed by atoms with E-state index in [-0.39, 0.29) is 21.7 Å². The van der Waals surface area contributed by atoms with Crippen molar-refractivity contribution in [2.75, 3.05) is 6.54 Å². The normalized spacial score (nSPS) is 15.3. The quantitative estimate of drug-likeness (QED) is 0.257. The fraction of sp³-hybridized carbons (Fsp3) is 0.160. The van der Waals surface area contributed by atoms with Gasteiger partial charge in [0.2, 0.25) is 0 Å². The molecule has 10 heteroatoms. The Kier molecular flexibility index (Phi) is 6.95. The van der Waals surface area contributed by atoms with Crippen LogP contribution in [-0.4, -0.2) is 43.1 Å². The van der Waals surface area contributed by atoms with Crippen molar-refractivity contribution in [1.82, 2.24) is 4.90 Å². The number of fused-ring (bicyclic) bond motifs is 1. The Bertz CT molecular complexity index is 1440. The molecule has 0 unspecified atom stereocenters. The Balaban J connectivity index is 1.46. The summed E-state index contributed by atoms with van der Waals surface area (Å²) in [6.07, 6.45) is 1.13. The zero-order chi connectivity index (χ0) is 25.2. The van der Waals surface area contributed by atoms with Gasteiger partial charge in [-0.2, -0.15) is 8.42 Å². The maximum absolute atomic E-state index is 12.7. The van der Waals surface area contributed by atoms with Gasteiger partial charge in [-0.15, -0.1) is 0 Å². The molecule has 0 aliphatic carbocycles. The second-order valence-corrected chi connectivity index (χ2v) is 10.5. The average molecular weight is 512 g/mol. The summed E-state index contributed by atoms with van der Waals surface area (Å²) in [6.45, 7) is 2.89. The average Bonchev–Trinajstić information content (AvgIpc) is 3.06. The van der Waals surface area contributed by atoms with E-state index in [1.165, 1.54) is 24.3 Å². The van der Waals surface area contributed by atoms with Gasteiger partial charge >= 0.3 is 16.1 Å². The maximum atomic E-state index is 12.7. The van der Waals surface area contributed by atoms with Gasteiger partial charge in [-0.3, -0.25) is 19.3 Å². The SMILES string of the molecule is CC(C)OC(=O)CN1C(=O)S/C(=C\c2ccc(OS(=O)(=O)c3ccc4ccccc4c3)cc2)C1=O. The van der Waals surface area contributed by atoms with Crippen LogP contribution in [-0.2, 0) is 24.4 Å². The van der Waals surface area contributed by atoms with E-state index < -0.39 is 33.8 Å². The fourth-order valence-corrected chi connectivity index (χ4v) is 5.14. The molecule has 8 nitrogen and oxygen atoms in total. The monoisotopic (exact) mass is 511 g/mol. The Hall–Kier alpha value is -3.63. The topological polar surface area (TPSA) is 107 Å². The molecule has 2 amide bonds. The van der Waals surface area contributed by atoms with Crippen LogP contribution in [0.25, 0.3) is 16.8 Å². The van der Waals surface area contributed by atoms with Crippen LogP contribution >= 0.6 is 11.8 Å². The molecule has 1 aliphatic rings. The Morgan fingerprint density at radius 2 is 1.69 bits per heavy atom. The summed E-state index contributed by atoms with van der Waals surface area (Å²) >= 11 is 0.713. The maximum Gasteiger partial charge on any atom is 0.339 e. The molecule has 1 saturated heterocycles. The van der Waals surface area contributed by atoms with Gasteiger partial charge in [-0.05, 0) is 72.3 Å². The van der Waals surface area contributed by atoms with Crippen LogP contribution in [0, 0.1) is 0 Å². The third-order valence-corrected chi connectivity index (χ3v) is 7.07. The minimum absolute atomic E-state index is 0.0324. The molecule has 0 spiro atoms. The van der Waals surface area contributed by atoms with Crippen LogP contribution in [0.2, 0.25) is 0 Å². The number of thioether (sulfide) groups is 1. The molecule has 0 saturated carbocycles. The molecular weight excluding hydrogens is 490 g/mol. The van der Waals surface area contributed by atoms with E-state index in [4.69, 9.17) is 8.92 Å². The number of carbonyl (C=O) groups is 3. The molecule has 0 aromatic heterocycles. The molecule has 1 heterocycles. The van der Waals surface area contributed by atoms with Crippen LogP contribution in [0.5, 0.6) is 5.75 Å². The smallest absolute Gasteiger partial charge is 0.339 e. The Morgan fingerprint density at radius 3 is 2.37 bits per heavy atom. The van der Waals surface area contributed by atoms with E-state index in [0.717, 1.165) is 15.7 Å². The molecule has 1 aliphatic heterocycles. The van der Waals surface area contributed by atoms with Crippen molar-refractivity contribution in [3.8, 4) is 5.75 Å². The minimum Gasteiger partial charge on any atom is -0.462 e. The minimum atomic E-state index is -4.05. The first-order valence-corrected chi connectivity index (χ1v) is 12.8. The van der Waals surface area contributed by atoms with Gasteiger partial charge in [0.05, 0.1) is 11.0 Å². The summed E-state index contributed by atoms with van der Waals surface area (Å²) in [7, 11) is -4.05. The number of hydrogen-bond donors (Lipinski definition) is 0. The zero-order valence-corrected chi connectivity index (χ0v) is 20.5. The summed E-state index contributed by atoms with van der Waals surface area (Å²) in [5.41, 5.74) is 0.552. The van der Waals surface area contributed by atoms with Gasteiger partial charge in [-0.1, -0.05) is 42.5 Å². The molecule has 35 heavy (non-hydrogen) atoms. The van der Waals surface area contributed by atoms with Gasteiger partial charge in [0.1, 0.15) is 17.2 Å². The number of nitrogens with zero attached hydrogens (tertiary/aromatic N) is 1. The van der Waals surface area contributed by atoms with Crippen molar-refractivity contribution >= 4 is 55.8 Å². The molecule has 3 aromatic rings. The molecule has 3 aromatic carbocycles. The van der Waals surface area contributed by atoms with Gasteiger partial charge in [0, 0.05) is 0 Å². The van der Waals surface area contributed by atoms with E-state index in [9.17, 15) is 22.8 Å². The molecular formula is C25H21NO7S2. The molecule has 180 valence electrons. The molecule has 0 N–H and O–H groups in total. The number of carbonyl (C=O) groups excluding carboxylic acids is 3. The molecule has 0 radical (unpaired) electrons. The number of rotatable bonds is 7. The number of ether oxygens (including phenoxy) is 1. The van der Waals surface area contributed by atoms with Gasteiger partial charge in [0.25, 0.3) is 11.1 Å². The Morgan fingerprint density at radius 1 is 1.00 bits per heavy atom. The lowest BCUT2D eigenvalue weighted by Crippen LogP contribution is -2.35.